The summed E-state index contributed by atoms with van der Waals surface area (Å²) in [4.78, 5) is 0. The summed E-state index contributed by atoms with van der Waals surface area (Å²) in [5.74, 6) is -2.05. The Morgan fingerprint density at radius 1 is 0.963 bits per heavy atom. The summed E-state index contributed by atoms with van der Waals surface area (Å²) < 4.78 is 5.53. The van der Waals surface area contributed by atoms with Gasteiger partial charge in [0.25, 0.3) is 0 Å². The molecule has 7 N–H and O–H groups in total. The number of rotatable bonds is 4. The van der Waals surface area contributed by atoms with Crippen LogP contribution >= 0.6 is 0 Å². The van der Waals surface area contributed by atoms with Crippen LogP contribution in [0.3, 0.4) is 0 Å². The van der Waals surface area contributed by atoms with Gasteiger partial charge < -0.3 is 40.5 Å². The molecule has 1 aliphatic carbocycles. The smallest absolute Gasteiger partial charge is 0.117 e. The Labute approximate surface area is 155 Å². The maximum atomic E-state index is 11.3. The third-order valence-electron chi connectivity index (χ3n) is 5.14. The highest BCUT2D eigenvalue weighted by Gasteiger charge is 2.54. The van der Waals surface area contributed by atoms with Crippen LogP contribution in [0, 0.1) is 5.92 Å². The molecule has 1 aromatic carbocycles. The fourth-order valence-corrected chi connectivity index (χ4v) is 3.83. The van der Waals surface area contributed by atoms with Gasteiger partial charge in [0.2, 0.25) is 0 Å². The predicted octanol–water partition coefficient (Wildman–Crippen LogP) is -0.684. The molecule has 1 saturated heterocycles. The number of hydrogen-bond acceptors (Lipinski definition) is 8. The number of hydrogen-bond donors (Lipinski definition) is 7. The SMILES string of the molecule is OC[C@H]1OC(C2C(O)=CC(O)=CC2(O)Cc2ccccc2)[C@H](O)[C@@H](O)[C@@H]1O. The van der Waals surface area contributed by atoms with Crippen LogP contribution in [0.1, 0.15) is 5.56 Å². The Bertz CT molecular complexity index is 716. The number of allylic oxidation sites excluding steroid dienone is 1. The largest absolute Gasteiger partial charge is 0.512 e. The number of aliphatic hydroxyl groups is 7. The molecule has 3 rings (SSSR count). The molecule has 27 heavy (non-hydrogen) atoms. The van der Waals surface area contributed by atoms with Crippen LogP contribution in [0.2, 0.25) is 0 Å². The minimum absolute atomic E-state index is 0.0184. The molecule has 0 amide bonds. The Morgan fingerprint density at radius 3 is 2.26 bits per heavy atom. The minimum atomic E-state index is -1.85. The second-order valence-electron chi connectivity index (χ2n) is 7.06. The number of ether oxygens (including phenoxy) is 1. The zero-order chi connectivity index (χ0) is 19.8. The van der Waals surface area contributed by atoms with Crippen LogP contribution in [0.4, 0.5) is 0 Å². The summed E-state index contributed by atoms with van der Waals surface area (Å²) in [6.45, 7) is -0.628. The van der Waals surface area contributed by atoms with Gasteiger partial charge in [-0.1, -0.05) is 30.3 Å². The van der Waals surface area contributed by atoms with E-state index in [4.69, 9.17) is 4.74 Å². The number of benzene rings is 1. The molecule has 1 aliphatic heterocycles. The summed E-state index contributed by atoms with van der Waals surface area (Å²) in [5, 5.41) is 71.4. The van der Waals surface area contributed by atoms with Gasteiger partial charge in [-0.15, -0.1) is 0 Å². The molecule has 0 bridgehead atoms. The maximum Gasteiger partial charge on any atom is 0.117 e. The lowest BCUT2D eigenvalue weighted by atomic mass is 9.72. The molecule has 1 fully saturated rings. The molecule has 8 heteroatoms. The average Bonchev–Trinajstić information content (AvgIpc) is 2.61. The lowest BCUT2D eigenvalue weighted by Crippen LogP contribution is -2.63. The van der Waals surface area contributed by atoms with Crippen LogP contribution in [0.15, 0.2) is 54.0 Å². The van der Waals surface area contributed by atoms with Gasteiger partial charge in [-0.05, 0) is 11.6 Å². The van der Waals surface area contributed by atoms with Crippen molar-refractivity contribution in [3.8, 4) is 0 Å². The van der Waals surface area contributed by atoms with Gasteiger partial charge in [0.05, 0.1) is 18.6 Å². The van der Waals surface area contributed by atoms with Crippen LogP contribution in [-0.2, 0) is 11.2 Å². The van der Waals surface area contributed by atoms with Crippen molar-refractivity contribution in [2.24, 2.45) is 5.92 Å². The summed E-state index contributed by atoms with van der Waals surface area (Å²) in [5.41, 5.74) is -1.15. The molecule has 148 valence electrons. The van der Waals surface area contributed by atoms with Gasteiger partial charge in [-0.25, -0.2) is 0 Å². The Kier molecular flexibility index (Phi) is 5.57. The Hall–Kier alpha value is -1.94. The van der Waals surface area contributed by atoms with Gasteiger partial charge in [0, 0.05) is 12.5 Å². The van der Waals surface area contributed by atoms with E-state index in [-0.39, 0.29) is 12.2 Å². The molecule has 1 heterocycles. The first-order valence-corrected chi connectivity index (χ1v) is 8.66. The van der Waals surface area contributed by atoms with E-state index >= 15 is 0 Å². The van der Waals surface area contributed by atoms with Crippen molar-refractivity contribution in [2.75, 3.05) is 6.61 Å². The zero-order valence-corrected chi connectivity index (χ0v) is 14.5. The maximum absolute atomic E-state index is 11.3. The van der Waals surface area contributed by atoms with Gasteiger partial charge >= 0.3 is 0 Å². The van der Waals surface area contributed by atoms with E-state index in [1.807, 2.05) is 0 Å². The Morgan fingerprint density at radius 2 is 1.63 bits per heavy atom. The van der Waals surface area contributed by atoms with E-state index in [9.17, 15) is 35.7 Å². The van der Waals surface area contributed by atoms with E-state index in [1.54, 1.807) is 30.3 Å². The molecular weight excluding hydrogens is 356 g/mol. The zero-order valence-electron chi connectivity index (χ0n) is 14.5. The van der Waals surface area contributed by atoms with Gasteiger partial charge in [0.15, 0.2) is 0 Å². The fourth-order valence-electron chi connectivity index (χ4n) is 3.83. The van der Waals surface area contributed by atoms with E-state index in [1.165, 1.54) is 0 Å². The standard InChI is InChI=1S/C19H24O8/c20-9-13-15(23)16(24)17(25)18(27-13)14-12(22)6-11(21)8-19(14,26)7-10-4-2-1-3-5-10/h1-6,8,13-18,20-26H,7,9H2/t13-,14?,15-,16+,17-,18?,19?/m1/s1. The lowest BCUT2D eigenvalue weighted by Gasteiger charge is -2.47. The van der Waals surface area contributed by atoms with Crippen LogP contribution < -0.4 is 0 Å². The third kappa shape index (κ3) is 3.73. The molecule has 8 nitrogen and oxygen atoms in total. The quantitative estimate of drug-likeness (QED) is 0.363. The fraction of sp³-hybridized carbons (Fsp3) is 0.474. The van der Waals surface area contributed by atoms with Crippen molar-refractivity contribution in [1.29, 1.82) is 0 Å². The highest BCUT2D eigenvalue weighted by molar-refractivity contribution is 5.33. The molecule has 0 radical (unpaired) electrons. The molecule has 0 aromatic heterocycles. The van der Waals surface area contributed by atoms with Crippen molar-refractivity contribution in [3.63, 3.8) is 0 Å². The normalized spacial score (nSPS) is 39.6. The highest BCUT2D eigenvalue weighted by Crippen LogP contribution is 2.41. The second-order valence-corrected chi connectivity index (χ2v) is 7.06. The van der Waals surface area contributed by atoms with Crippen molar-refractivity contribution < 1.29 is 40.5 Å². The minimum Gasteiger partial charge on any atom is -0.512 e. The first-order valence-electron chi connectivity index (χ1n) is 8.66. The van der Waals surface area contributed by atoms with E-state index < -0.39 is 54.4 Å². The summed E-state index contributed by atoms with van der Waals surface area (Å²) in [7, 11) is 0. The first-order chi connectivity index (χ1) is 12.8. The van der Waals surface area contributed by atoms with Crippen LogP contribution in [0.25, 0.3) is 0 Å². The Balaban J connectivity index is 1.98. The summed E-state index contributed by atoms with van der Waals surface area (Å²) in [6.07, 6.45) is -5.21. The molecule has 3 unspecified atom stereocenters. The van der Waals surface area contributed by atoms with E-state index in [0.717, 1.165) is 12.2 Å². The molecule has 7 atom stereocenters. The second kappa shape index (κ2) is 7.59. The summed E-state index contributed by atoms with van der Waals surface area (Å²) >= 11 is 0. The summed E-state index contributed by atoms with van der Waals surface area (Å²) in [6, 6.07) is 8.84. The van der Waals surface area contributed by atoms with Gasteiger partial charge in [-0.3, -0.25) is 0 Å². The van der Waals surface area contributed by atoms with Gasteiger partial charge in [0.1, 0.15) is 41.5 Å². The van der Waals surface area contributed by atoms with Crippen LogP contribution in [0.5, 0.6) is 0 Å². The third-order valence-corrected chi connectivity index (χ3v) is 5.14. The van der Waals surface area contributed by atoms with E-state index in [0.29, 0.717) is 5.56 Å². The van der Waals surface area contributed by atoms with E-state index in [2.05, 4.69) is 0 Å². The molecule has 0 spiro atoms. The van der Waals surface area contributed by atoms with Crippen molar-refractivity contribution in [1.82, 2.24) is 0 Å². The highest BCUT2D eigenvalue weighted by atomic mass is 16.5. The predicted molar refractivity (Wildman–Crippen MR) is 93.8 cm³/mol. The van der Waals surface area contributed by atoms with Gasteiger partial charge in [-0.2, -0.15) is 0 Å². The lowest BCUT2D eigenvalue weighted by molar-refractivity contribution is -0.251. The average molecular weight is 380 g/mol. The molecule has 1 aromatic rings. The van der Waals surface area contributed by atoms with Crippen LogP contribution in [-0.4, -0.2) is 78.5 Å². The topological polar surface area (TPSA) is 151 Å². The van der Waals surface area contributed by atoms with Crippen molar-refractivity contribution in [3.05, 3.63) is 59.6 Å². The molecule has 0 saturated carbocycles. The van der Waals surface area contributed by atoms with Crippen molar-refractivity contribution in [2.45, 2.75) is 42.5 Å². The first kappa shape index (κ1) is 19.8. The van der Waals surface area contributed by atoms with Crippen molar-refractivity contribution >= 4 is 0 Å². The number of aliphatic hydroxyl groups excluding tert-OH is 6. The monoisotopic (exact) mass is 380 g/mol. The molecule has 2 aliphatic rings. The molecular formula is C19H24O8.